The van der Waals surface area contributed by atoms with Gasteiger partial charge in [-0.2, -0.15) is 0 Å². The van der Waals surface area contributed by atoms with Crippen LogP contribution in [-0.2, 0) is 29.4 Å². The van der Waals surface area contributed by atoms with E-state index < -0.39 is 10.0 Å². The highest BCUT2D eigenvalue weighted by Gasteiger charge is 2.31. The smallest absolute Gasteiger partial charge is 0.263 e. The molecule has 0 bridgehead atoms. The van der Waals surface area contributed by atoms with Gasteiger partial charge in [-0.15, -0.1) is 0 Å². The van der Waals surface area contributed by atoms with Gasteiger partial charge in [-0.3, -0.25) is 9.71 Å². The number of aromatic nitrogens is 3. The maximum absolute atomic E-state index is 13.3. The summed E-state index contributed by atoms with van der Waals surface area (Å²) in [7, 11) is -3.93. The molecule has 1 N–H and O–H groups in total. The summed E-state index contributed by atoms with van der Waals surface area (Å²) in [5.74, 6) is 1.82. The van der Waals surface area contributed by atoms with E-state index in [0.29, 0.717) is 36.6 Å². The van der Waals surface area contributed by atoms with Gasteiger partial charge in [0, 0.05) is 35.1 Å². The van der Waals surface area contributed by atoms with Gasteiger partial charge >= 0.3 is 0 Å². The second-order valence-electron chi connectivity index (χ2n) is 11.9. The van der Waals surface area contributed by atoms with Crippen LogP contribution in [0.15, 0.2) is 59.9 Å². The zero-order valence-electron chi connectivity index (χ0n) is 24.2. The summed E-state index contributed by atoms with van der Waals surface area (Å²) in [6.45, 7) is 10.0. The van der Waals surface area contributed by atoms with E-state index in [-0.39, 0.29) is 15.3 Å². The highest BCUT2D eigenvalue weighted by Crippen LogP contribution is 2.39. The van der Waals surface area contributed by atoms with Crippen LogP contribution in [0.25, 0.3) is 11.1 Å². The highest BCUT2D eigenvalue weighted by molar-refractivity contribution is 7.93. The summed E-state index contributed by atoms with van der Waals surface area (Å²) in [5.41, 5.74) is 6.85. The molecular weight excluding hydrogens is 570 g/mol. The van der Waals surface area contributed by atoms with Gasteiger partial charge in [0.05, 0.1) is 22.9 Å². The molecule has 0 fully saturated rings. The Bertz CT molecular complexity index is 1770. The van der Waals surface area contributed by atoms with Gasteiger partial charge in [-0.05, 0) is 73.9 Å². The lowest BCUT2D eigenvalue weighted by atomic mass is 9.76. The van der Waals surface area contributed by atoms with Crippen molar-refractivity contribution >= 4 is 33.1 Å². The maximum Gasteiger partial charge on any atom is 0.263 e. The first-order chi connectivity index (χ1) is 20.0. The van der Waals surface area contributed by atoms with E-state index in [1.54, 1.807) is 44.6 Å². The van der Waals surface area contributed by atoms with Gasteiger partial charge in [-0.25, -0.2) is 18.4 Å². The molecule has 0 radical (unpaired) electrons. The molecule has 8 nitrogen and oxygen atoms in total. The topological polar surface area (TPSA) is 97.3 Å². The molecule has 2 aliphatic rings. The summed E-state index contributed by atoms with van der Waals surface area (Å²) in [4.78, 5) is 16.2. The molecule has 2 aromatic carbocycles. The number of rotatable bonds is 5. The Hall–Kier alpha value is -3.69. The average molecular weight is 604 g/mol. The van der Waals surface area contributed by atoms with Crippen molar-refractivity contribution in [3.8, 4) is 16.9 Å². The molecule has 0 amide bonds. The molecule has 2 aromatic heterocycles. The number of nitrogens with one attached hydrogen (secondary N) is 1. The van der Waals surface area contributed by atoms with Crippen LogP contribution in [0.5, 0.6) is 5.75 Å². The second-order valence-corrected chi connectivity index (χ2v) is 13.9. The molecule has 4 aromatic rings. The Morgan fingerprint density at radius 3 is 2.69 bits per heavy atom. The monoisotopic (exact) mass is 603 g/mol. The number of fused-ring (bicyclic) bond motifs is 2. The van der Waals surface area contributed by atoms with Crippen LogP contribution in [-0.4, -0.2) is 36.5 Å². The third kappa shape index (κ3) is 5.55. The standard InChI is InChI=1S/C32H34ClN5O3S/c1-20-6-5-7-26(33)30(20)42(39,40)37-28-15-23(17-34-21(28)2)22-8-9-29-24(14-22)18-38(12-13-41-29)31-25-16-32(3,4)11-10-27(25)35-19-36-31/h5-9,14-15,17,19,37H,10-13,16,18H2,1-4H3. The Balaban J connectivity index is 1.32. The van der Waals surface area contributed by atoms with E-state index in [1.807, 2.05) is 18.2 Å². The Morgan fingerprint density at radius 2 is 1.88 bits per heavy atom. The number of aryl methyl sites for hydroxylation is 3. The molecular formula is C32H34ClN5O3S. The Kier molecular flexibility index (Phi) is 7.35. The third-order valence-corrected chi connectivity index (χ3v) is 10.1. The summed E-state index contributed by atoms with van der Waals surface area (Å²) < 4.78 is 35.5. The van der Waals surface area contributed by atoms with Crippen LogP contribution in [0.2, 0.25) is 5.02 Å². The van der Waals surface area contributed by atoms with Gasteiger partial charge in [-0.1, -0.05) is 43.6 Å². The maximum atomic E-state index is 13.3. The van der Waals surface area contributed by atoms with Crippen LogP contribution >= 0.6 is 11.6 Å². The number of hydrogen-bond acceptors (Lipinski definition) is 7. The fourth-order valence-electron chi connectivity index (χ4n) is 5.83. The fourth-order valence-corrected chi connectivity index (χ4v) is 7.77. The van der Waals surface area contributed by atoms with Crippen LogP contribution in [0.1, 0.15) is 48.3 Å². The summed E-state index contributed by atoms with van der Waals surface area (Å²) >= 11 is 6.28. The van der Waals surface area contributed by atoms with Gasteiger partial charge in [0.25, 0.3) is 10.0 Å². The predicted octanol–water partition coefficient (Wildman–Crippen LogP) is 6.52. The first-order valence-corrected chi connectivity index (χ1v) is 16.0. The van der Waals surface area contributed by atoms with Gasteiger partial charge in [0.15, 0.2) is 0 Å². The lowest BCUT2D eigenvalue weighted by Crippen LogP contribution is -2.31. The first-order valence-electron chi connectivity index (χ1n) is 14.1. The third-order valence-electron chi connectivity index (χ3n) is 8.14. The van der Waals surface area contributed by atoms with Gasteiger partial charge in [0.1, 0.15) is 29.4 Å². The lowest BCUT2D eigenvalue weighted by molar-refractivity contribution is 0.310. The SMILES string of the molecule is Cc1cccc(Cl)c1S(=O)(=O)Nc1cc(-c2ccc3c(c2)CN(c2ncnc4c2CC(C)(C)CC4)CCO3)cnc1C. The number of sulfonamides is 1. The summed E-state index contributed by atoms with van der Waals surface area (Å²) in [5, 5.41) is 0.174. The van der Waals surface area contributed by atoms with Gasteiger partial charge < -0.3 is 9.64 Å². The number of benzene rings is 2. The molecule has 42 heavy (non-hydrogen) atoms. The van der Waals surface area contributed by atoms with Crippen molar-refractivity contribution in [1.82, 2.24) is 15.0 Å². The average Bonchev–Trinajstić information content (AvgIpc) is 3.15. The number of hydrogen-bond donors (Lipinski definition) is 1. The van der Waals surface area contributed by atoms with Crippen molar-refractivity contribution in [2.24, 2.45) is 5.41 Å². The number of ether oxygens (including phenoxy) is 1. The number of nitrogens with zero attached hydrogens (tertiary/aromatic N) is 4. The second kappa shape index (κ2) is 10.9. The lowest BCUT2D eigenvalue weighted by Gasteiger charge is -2.33. The first kappa shape index (κ1) is 28.4. The molecule has 218 valence electrons. The molecule has 3 heterocycles. The predicted molar refractivity (Wildman–Crippen MR) is 166 cm³/mol. The van der Waals surface area contributed by atoms with Crippen molar-refractivity contribution in [2.45, 2.75) is 58.4 Å². The van der Waals surface area contributed by atoms with Crippen LogP contribution < -0.4 is 14.4 Å². The molecule has 10 heteroatoms. The van der Waals surface area contributed by atoms with Crippen LogP contribution in [0.3, 0.4) is 0 Å². The number of halogens is 1. The van der Waals surface area contributed by atoms with Gasteiger partial charge in [0.2, 0.25) is 0 Å². The quantitative estimate of drug-likeness (QED) is 0.277. The molecule has 0 saturated heterocycles. The molecule has 1 aliphatic carbocycles. The van der Waals surface area contributed by atoms with E-state index in [4.69, 9.17) is 21.3 Å². The van der Waals surface area contributed by atoms with E-state index in [2.05, 4.69) is 39.5 Å². The molecule has 0 atom stereocenters. The highest BCUT2D eigenvalue weighted by atomic mass is 35.5. The van der Waals surface area contributed by atoms with E-state index in [0.717, 1.165) is 53.2 Å². The van der Waals surface area contributed by atoms with Crippen molar-refractivity contribution in [1.29, 1.82) is 0 Å². The zero-order chi connectivity index (χ0) is 29.6. The van der Waals surface area contributed by atoms with Crippen LogP contribution in [0, 0.1) is 19.3 Å². The molecule has 1 aliphatic heterocycles. The van der Waals surface area contributed by atoms with Crippen molar-refractivity contribution in [3.05, 3.63) is 88.1 Å². The number of pyridine rings is 1. The summed E-state index contributed by atoms with van der Waals surface area (Å²) in [6, 6.07) is 12.9. The normalized spacial score (nSPS) is 16.2. The minimum atomic E-state index is -3.93. The minimum Gasteiger partial charge on any atom is -0.491 e. The van der Waals surface area contributed by atoms with Crippen molar-refractivity contribution in [3.63, 3.8) is 0 Å². The molecule has 0 unspecified atom stereocenters. The molecule has 0 saturated carbocycles. The van der Waals surface area contributed by atoms with E-state index >= 15 is 0 Å². The zero-order valence-corrected chi connectivity index (χ0v) is 25.8. The van der Waals surface area contributed by atoms with Crippen molar-refractivity contribution < 1.29 is 13.2 Å². The van der Waals surface area contributed by atoms with E-state index in [9.17, 15) is 8.42 Å². The largest absolute Gasteiger partial charge is 0.491 e. The van der Waals surface area contributed by atoms with Crippen molar-refractivity contribution in [2.75, 3.05) is 22.8 Å². The minimum absolute atomic E-state index is 0.0639. The fraction of sp³-hybridized carbons (Fsp3) is 0.344. The molecule has 0 spiro atoms. The summed E-state index contributed by atoms with van der Waals surface area (Å²) in [6.07, 6.45) is 6.47. The van der Waals surface area contributed by atoms with Crippen LogP contribution in [0.4, 0.5) is 11.5 Å². The Morgan fingerprint density at radius 1 is 1.05 bits per heavy atom. The van der Waals surface area contributed by atoms with E-state index in [1.165, 1.54) is 5.56 Å². The Labute approximate surface area is 252 Å². The molecule has 6 rings (SSSR count). The number of anilines is 2.